The van der Waals surface area contributed by atoms with Crippen molar-refractivity contribution in [1.82, 2.24) is 30.0 Å². The van der Waals surface area contributed by atoms with Crippen molar-refractivity contribution in [3.8, 4) is 0 Å². The Morgan fingerprint density at radius 3 is 2.11 bits per heavy atom. The van der Waals surface area contributed by atoms with E-state index in [2.05, 4.69) is 30.0 Å². The number of guanidine groups is 1. The van der Waals surface area contributed by atoms with Gasteiger partial charge in [-0.05, 0) is 25.7 Å². The Balaban J connectivity index is 1.49. The van der Waals surface area contributed by atoms with E-state index >= 15 is 0 Å². The SMILES string of the molecule is C1CCN(C2(N3CCNCC3)CN(N3CCOCC3)C(N3CCCC3)=N2)CC1. The Morgan fingerprint density at radius 2 is 1.39 bits per heavy atom. The Labute approximate surface area is 169 Å². The lowest BCUT2D eigenvalue weighted by molar-refractivity contribution is -0.109. The maximum atomic E-state index is 5.65. The number of hydrogen-bond donors (Lipinski definition) is 1. The number of aliphatic imine (C=N–C) groups is 1. The van der Waals surface area contributed by atoms with Crippen molar-refractivity contribution in [3.63, 3.8) is 0 Å². The van der Waals surface area contributed by atoms with Gasteiger partial charge in [-0.25, -0.2) is 10.0 Å². The molecule has 5 rings (SSSR count). The highest BCUT2D eigenvalue weighted by Gasteiger charge is 2.51. The molecule has 5 heterocycles. The summed E-state index contributed by atoms with van der Waals surface area (Å²) in [7, 11) is 0. The number of ether oxygens (including phenoxy) is 1. The summed E-state index contributed by atoms with van der Waals surface area (Å²) in [6, 6.07) is 0. The molecule has 4 fully saturated rings. The highest BCUT2D eigenvalue weighted by Crippen LogP contribution is 2.35. The zero-order valence-corrected chi connectivity index (χ0v) is 17.3. The Kier molecular flexibility index (Phi) is 5.74. The molecule has 0 aromatic rings. The number of nitrogens with one attached hydrogen (secondary N) is 1. The fourth-order valence-electron chi connectivity index (χ4n) is 5.51. The lowest BCUT2D eigenvalue weighted by Crippen LogP contribution is -2.67. The number of likely N-dealkylation sites (tertiary alicyclic amines) is 2. The summed E-state index contributed by atoms with van der Waals surface area (Å²) in [6.07, 6.45) is 6.56. The topological polar surface area (TPSA) is 49.8 Å². The van der Waals surface area contributed by atoms with Gasteiger partial charge < -0.3 is 15.0 Å². The van der Waals surface area contributed by atoms with E-state index in [4.69, 9.17) is 9.73 Å². The van der Waals surface area contributed by atoms with Crippen molar-refractivity contribution >= 4 is 5.96 Å². The van der Waals surface area contributed by atoms with Gasteiger partial charge in [-0.2, -0.15) is 0 Å². The van der Waals surface area contributed by atoms with Gasteiger partial charge in [0.15, 0.2) is 5.79 Å². The third-order valence-corrected chi connectivity index (χ3v) is 7.08. The average molecular weight is 392 g/mol. The molecule has 0 aliphatic carbocycles. The molecule has 158 valence electrons. The molecule has 28 heavy (non-hydrogen) atoms. The highest BCUT2D eigenvalue weighted by atomic mass is 16.5. The second kappa shape index (κ2) is 8.44. The Bertz CT molecular complexity index is 529. The quantitative estimate of drug-likeness (QED) is 0.729. The third kappa shape index (κ3) is 3.54. The van der Waals surface area contributed by atoms with Crippen LogP contribution in [0.15, 0.2) is 4.99 Å². The first-order chi connectivity index (χ1) is 13.9. The normalized spacial score (nSPS) is 34.2. The number of hydrogen-bond acceptors (Lipinski definition) is 8. The molecule has 0 radical (unpaired) electrons. The van der Waals surface area contributed by atoms with Gasteiger partial charge in [-0.3, -0.25) is 14.8 Å². The van der Waals surface area contributed by atoms with Gasteiger partial charge in [-0.15, -0.1) is 0 Å². The first-order valence-electron chi connectivity index (χ1n) is 11.5. The van der Waals surface area contributed by atoms with Crippen LogP contribution in [-0.2, 0) is 4.74 Å². The molecule has 0 aromatic carbocycles. The van der Waals surface area contributed by atoms with E-state index in [1.807, 2.05) is 0 Å². The second-order valence-corrected chi connectivity index (χ2v) is 8.79. The number of piperidine rings is 1. The average Bonchev–Trinajstić information content (AvgIpc) is 3.44. The summed E-state index contributed by atoms with van der Waals surface area (Å²) in [5, 5.41) is 8.58. The number of piperazine rings is 1. The van der Waals surface area contributed by atoms with Gasteiger partial charge in [0.2, 0.25) is 5.96 Å². The van der Waals surface area contributed by atoms with E-state index in [0.29, 0.717) is 0 Å². The van der Waals surface area contributed by atoms with Crippen LogP contribution in [0.5, 0.6) is 0 Å². The molecule has 5 aliphatic rings. The van der Waals surface area contributed by atoms with Crippen molar-refractivity contribution in [2.45, 2.75) is 37.9 Å². The molecule has 1 N–H and O–H groups in total. The van der Waals surface area contributed by atoms with Crippen molar-refractivity contribution in [1.29, 1.82) is 0 Å². The minimum absolute atomic E-state index is 0.196. The molecule has 5 aliphatic heterocycles. The molecule has 4 saturated heterocycles. The summed E-state index contributed by atoms with van der Waals surface area (Å²) in [5.41, 5.74) is 0. The standard InChI is InChI=1S/C20H37N7O/c1-2-10-24(11-3-1)20(25-12-6-21-7-13-25)18-27(26-14-16-28-17-15-26)19(22-20)23-8-4-5-9-23/h21H,1-18H2. The minimum Gasteiger partial charge on any atom is -0.379 e. The first-order valence-corrected chi connectivity index (χ1v) is 11.5. The summed E-state index contributed by atoms with van der Waals surface area (Å²) in [6.45, 7) is 13.6. The number of nitrogens with zero attached hydrogens (tertiary/aromatic N) is 6. The maximum Gasteiger partial charge on any atom is 0.214 e. The van der Waals surface area contributed by atoms with Crippen LogP contribution in [0.1, 0.15) is 32.1 Å². The lowest BCUT2D eigenvalue weighted by atomic mass is 10.1. The lowest BCUT2D eigenvalue weighted by Gasteiger charge is -2.49. The van der Waals surface area contributed by atoms with Crippen LogP contribution >= 0.6 is 0 Å². The number of rotatable bonds is 3. The van der Waals surface area contributed by atoms with Gasteiger partial charge in [0, 0.05) is 65.4 Å². The van der Waals surface area contributed by atoms with Crippen LogP contribution in [0.2, 0.25) is 0 Å². The zero-order chi connectivity index (χ0) is 18.8. The molecule has 0 aromatic heterocycles. The molecule has 8 heteroatoms. The fraction of sp³-hybridized carbons (Fsp3) is 0.950. The van der Waals surface area contributed by atoms with Crippen LogP contribution in [0.25, 0.3) is 0 Å². The van der Waals surface area contributed by atoms with Crippen LogP contribution in [-0.4, -0.2) is 122 Å². The van der Waals surface area contributed by atoms with Crippen molar-refractivity contribution < 1.29 is 4.74 Å². The molecule has 0 saturated carbocycles. The maximum absolute atomic E-state index is 5.65. The molecule has 1 unspecified atom stereocenters. The van der Waals surface area contributed by atoms with Crippen LogP contribution < -0.4 is 5.32 Å². The van der Waals surface area contributed by atoms with Crippen LogP contribution in [0.3, 0.4) is 0 Å². The van der Waals surface area contributed by atoms with E-state index in [1.165, 1.54) is 51.2 Å². The van der Waals surface area contributed by atoms with Gasteiger partial charge >= 0.3 is 0 Å². The van der Waals surface area contributed by atoms with Crippen LogP contribution in [0.4, 0.5) is 0 Å². The van der Waals surface area contributed by atoms with Gasteiger partial charge in [0.25, 0.3) is 0 Å². The van der Waals surface area contributed by atoms with E-state index in [-0.39, 0.29) is 5.79 Å². The third-order valence-electron chi connectivity index (χ3n) is 7.08. The molecular weight excluding hydrogens is 354 g/mol. The van der Waals surface area contributed by atoms with E-state index in [9.17, 15) is 0 Å². The number of hydrazine groups is 1. The molecule has 0 spiro atoms. The predicted octanol–water partition coefficient (Wildman–Crippen LogP) is 0.0459. The zero-order valence-electron chi connectivity index (χ0n) is 17.3. The van der Waals surface area contributed by atoms with Gasteiger partial charge in [-0.1, -0.05) is 6.42 Å². The highest BCUT2D eigenvalue weighted by molar-refractivity contribution is 5.82. The van der Waals surface area contributed by atoms with Crippen molar-refractivity contribution in [2.75, 3.05) is 85.2 Å². The smallest absolute Gasteiger partial charge is 0.214 e. The predicted molar refractivity (Wildman–Crippen MR) is 110 cm³/mol. The summed E-state index contributed by atoms with van der Waals surface area (Å²) in [4.78, 5) is 13.5. The molecule has 1 atom stereocenters. The van der Waals surface area contributed by atoms with E-state index in [0.717, 1.165) is 72.1 Å². The summed E-state index contributed by atoms with van der Waals surface area (Å²) in [5.74, 6) is 1.03. The Morgan fingerprint density at radius 1 is 0.750 bits per heavy atom. The van der Waals surface area contributed by atoms with Gasteiger partial charge in [0.1, 0.15) is 0 Å². The largest absolute Gasteiger partial charge is 0.379 e. The van der Waals surface area contributed by atoms with E-state index in [1.54, 1.807) is 0 Å². The first kappa shape index (κ1) is 19.1. The number of morpholine rings is 1. The molecule has 0 bridgehead atoms. The van der Waals surface area contributed by atoms with Crippen LogP contribution in [0, 0.1) is 0 Å². The van der Waals surface area contributed by atoms with E-state index < -0.39 is 0 Å². The second-order valence-electron chi connectivity index (χ2n) is 8.79. The van der Waals surface area contributed by atoms with Crippen molar-refractivity contribution in [3.05, 3.63) is 0 Å². The monoisotopic (exact) mass is 391 g/mol. The Hall–Kier alpha value is -0.930. The molecule has 0 amide bonds. The summed E-state index contributed by atoms with van der Waals surface area (Å²) < 4.78 is 5.65. The minimum atomic E-state index is -0.196. The summed E-state index contributed by atoms with van der Waals surface area (Å²) >= 11 is 0. The molecule has 8 nitrogen and oxygen atoms in total. The molecular formula is C20H37N7O. The fourth-order valence-corrected chi connectivity index (χ4v) is 5.51. The van der Waals surface area contributed by atoms with Gasteiger partial charge in [0.05, 0.1) is 19.8 Å². The van der Waals surface area contributed by atoms with Crippen molar-refractivity contribution in [2.24, 2.45) is 4.99 Å².